The fourth-order valence-electron chi connectivity index (χ4n) is 1.20. The van der Waals surface area contributed by atoms with Gasteiger partial charge in [0.2, 0.25) is 0 Å². The molecule has 2 aromatic heterocycles. The lowest BCUT2D eigenvalue weighted by atomic mass is 10.3. The van der Waals surface area contributed by atoms with Crippen LogP contribution in [-0.2, 0) is 6.18 Å². The van der Waals surface area contributed by atoms with Crippen molar-refractivity contribution in [2.24, 2.45) is 0 Å². The van der Waals surface area contributed by atoms with Gasteiger partial charge in [-0.15, -0.1) is 5.10 Å². The zero-order valence-corrected chi connectivity index (χ0v) is 8.67. The lowest BCUT2D eigenvalue weighted by Crippen LogP contribution is -2.08. The van der Waals surface area contributed by atoms with Crippen molar-refractivity contribution in [3.63, 3.8) is 0 Å². The average molecular weight is 252 g/mol. The number of methoxy groups -OCH3 is 1. The molecule has 0 saturated carbocycles. The van der Waals surface area contributed by atoms with Crippen LogP contribution < -0.4 is 4.74 Å². The molecule has 0 aromatic carbocycles. The maximum absolute atomic E-state index is 12.5. The Bertz CT molecular complexity index is 537. The number of pyridine rings is 1. The molecule has 4 nitrogen and oxygen atoms in total. The van der Waals surface area contributed by atoms with E-state index in [9.17, 15) is 13.2 Å². The van der Waals surface area contributed by atoms with Crippen molar-refractivity contribution in [1.82, 2.24) is 14.6 Å². The Balaban J connectivity index is 2.69. The SMILES string of the molecule is COc1nc2ccc(C(F)(F)F)c(Cl)n2n1. The first-order valence-corrected chi connectivity index (χ1v) is 4.47. The van der Waals surface area contributed by atoms with E-state index in [1.165, 1.54) is 13.2 Å². The molecule has 2 rings (SSSR count). The third-order valence-electron chi connectivity index (χ3n) is 1.91. The van der Waals surface area contributed by atoms with Crippen LogP contribution in [0.25, 0.3) is 5.65 Å². The van der Waals surface area contributed by atoms with Crippen LogP contribution in [0.5, 0.6) is 6.01 Å². The van der Waals surface area contributed by atoms with Crippen molar-refractivity contribution in [3.8, 4) is 6.01 Å². The smallest absolute Gasteiger partial charge is 0.419 e. The molecule has 0 bridgehead atoms. The fourth-order valence-corrected chi connectivity index (χ4v) is 1.49. The van der Waals surface area contributed by atoms with Crippen LogP contribution in [0.3, 0.4) is 0 Å². The van der Waals surface area contributed by atoms with Gasteiger partial charge < -0.3 is 4.74 Å². The number of rotatable bonds is 1. The minimum absolute atomic E-state index is 0.0405. The van der Waals surface area contributed by atoms with Gasteiger partial charge in [0.05, 0.1) is 12.7 Å². The highest BCUT2D eigenvalue weighted by atomic mass is 35.5. The highest BCUT2D eigenvalue weighted by Gasteiger charge is 2.34. The Hall–Kier alpha value is -1.50. The lowest BCUT2D eigenvalue weighted by Gasteiger charge is -2.08. The Morgan fingerprint density at radius 1 is 1.38 bits per heavy atom. The van der Waals surface area contributed by atoms with Crippen LogP contribution in [0.2, 0.25) is 5.15 Å². The second-order valence-corrected chi connectivity index (χ2v) is 3.26. The second-order valence-electron chi connectivity index (χ2n) is 2.90. The average Bonchev–Trinajstić information content (AvgIpc) is 2.60. The van der Waals surface area contributed by atoms with Crippen molar-refractivity contribution >= 4 is 17.2 Å². The molecular weight excluding hydrogens is 247 g/mol. The molecule has 0 saturated heterocycles. The minimum Gasteiger partial charge on any atom is -0.466 e. The van der Waals surface area contributed by atoms with Crippen molar-refractivity contribution in [2.75, 3.05) is 7.11 Å². The molecule has 0 spiro atoms. The topological polar surface area (TPSA) is 39.4 Å². The van der Waals surface area contributed by atoms with Gasteiger partial charge >= 0.3 is 12.2 Å². The Morgan fingerprint density at radius 2 is 2.06 bits per heavy atom. The van der Waals surface area contributed by atoms with Gasteiger partial charge in [0, 0.05) is 0 Å². The van der Waals surface area contributed by atoms with Gasteiger partial charge in [-0.1, -0.05) is 11.6 Å². The van der Waals surface area contributed by atoms with Gasteiger partial charge in [0.15, 0.2) is 5.65 Å². The summed E-state index contributed by atoms with van der Waals surface area (Å²) in [6, 6.07) is 1.98. The number of alkyl halides is 3. The van der Waals surface area contributed by atoms with Crippen molar-refractivity contribution in [2.45, 2.75) is 6.18 Å². The van der Waals surface area contributed by atoms with Gasteiger partial charge in [0.25, 0.3) is 0 Å². The number of fused-ring (bicyclic) bond motifs is 1. The summed E-state index contributed by atoms with van der Waals surface area (Å²) in [4.78, 5) is 3.79. The molecular formula is C8H5ClF3N3O. The highest BCUT2D eigenvalue weighted by molar-refractivity contribution is 6.30. The van der Waals surface area contributed by atoms with E-state index in [1.807, 2.05) is 0 Å². The fraction of sp³-hybridized carbons (Fsp3) is 0.250. The van der Waals surface area contributed by atoms with E-state index in [0.29, 0.717) is 0 Å². The summed E-state index contributed by atoms with van der Waals surface area (Å²) in [5.41, 5.74) is -0.774. The van der Waals surface area contributed by atoms with Crippen molar-refractivity contribution in [3.05, 3.63) is 22.8 Å². The predicted octanol–water partition coefficient (Wildman–Crippen LogP) is 2.41. The molecule has 2 aromatic rings. The number of nitrogens with zero attached hydrogens (tertiary/aromatic N) is 3. The number of hydrogen-bond donors (Lipinski definition) is 0. The predicted molar refractivity (Wildman–Crippen MR) is 49.6 cm³/mol. The molecule has 0 aliphatic carbocycles. The summed E-state index contributed by atoms with van der Waals surface area (Å²) in [6.45, 7) is 0. The number of ether oxygens (including phenoxy) is 1. The first-order chi connectivity index (χ1) is 7.43. The van der Waals surface area contributed by atoms with E-state index in [-0.39, 0.29) is 11.7 Å². The number of hydrogen-bond acceptors (Lipinski definition) is 3. The van der Waals surface area contributed by atoms with Gasteiger partial charge in [-0.25, -0.2) is 0 Å². The summed E-state index contributed by atoms with van der Waals surface area (Å²) < 4.78 is 43.0. The van der Waals surface area contributed by atoms with Gasteiger partial charge in [0.1, 0.15) is 5.15 Å². The molecule has 0 atom stereocenters. The van der Waals surface area contributed by atoms with Gasteiger partial charge in [-0.2, -0.15) is 22.7 Å². The molecule has 0 N–H and O–H groups in total. The van der Waals surface area contributed by atoms with Crippen LogP contribution in [0.4, 0.5) is 13.2 Å². The third kappa shape index (κ3) is 1.67. The van der Waals surface area contributed by atoms with Crippen LogP contribution in [-0.4, -0.2) is 21.7 Å². The number of halogens is 4. The molecule has 2 heterocycles. The van der Waals surface area contributed by atoms with Crippen molar-refractivity contribution in [1.29, 1.82) is 0 Å². The molecule has 0 fully saturated rings. The molecule has 0 radical (unpaired) electrons. The van der Waals surface area contributed by atoms with E-state index >= 15 is 0 Å². The first-order valence-electron chi connectivity index (χ1n) is 4.10. The zero-order valence-electron chi connectivity index (χ0n) is 7.92. The van der Waals surface area contributed by atoms with E-state index in [4.69, 9.17) is 16.3 Å². The standard InChI is InChI=1S/C8H5ClF3N3O/c1-16-7-13-5-3-2-4(8(10,11)12)6(9)15(5)14-7/h2-3H,1H3. The first kappa shape index (κ1) is 11.0. The van der Waals surface area contributed by atoms with Crippen LogP contribution in [0.1, 0.15) is 5.56 Å². The summed E-state index contributed by atoms with van der Waals surface area (Å²) in [6.07, 6.45) is -4.52. The highest BCUT2D eigenvalue weighted by Crippen LogP contribution is 2.34. The number of aromatic nitrogens is 3. The van der Waals surface area contributed by atoms with Gasteiger partial charge in [-0.05, 0) is 12.1 Å². The quantitative estimate of drug-likeness (QED) is 0.731. The van der Waals surface area contributed by atoms with Crippen LogP contribution in [0, 0.1) is 0 Å². The molecule has 8 heteroatoms. The Kier molecular flexibility index (Phi) is 2.42. The Labute approximate surface area is 92.6 Å². The molecule has 0 aliphatic heterocycles. The van der Waals surface area contributed by atoms with Gasteiger partial charge in [-0.3, -0.25) is 0 Å². The Morgan fingerprint density at radius 3 is 2.62 bits per heavy atom. The summed E-state index contributed by atoms with van der Waals surface area (Å²) >= 11 is 5.58. The summed E-state index contributed by atoms with van der Waals surface area (Å²) in [5.74, 6) is 0. The second kappa shape index (κ2) is 3.51. The van der Waals surface area contributed by atoms with E-state index < -0.39 is 16.9 Å². The maximum Gasteiger partial charge on any atom is 0.419 e. The van der Waals surface area contributed by atoms with E-state index in [0.717, 1.165) is 10.6 Å². The van der Waals surface area contributed by atoms with Crippen LogP contribution >= 0.6 is 11.6 Å². The molecule has 0 amide bonds. The lowest BCUT2D eigenvalue weighted by molar-refractivity contribution is -0.137. The molecule has 16 heavy (non-hydrogen) atoms. The maximum atomic E-state index is 12.5. The minimum atomic E-state index is -4.52. The van der Waals surface area contributed by atoms with E-state index in [1.54, 1.807) is 0 Å². The van der Waals surface area contributed by atoms with Crippen molar-refractivity contribution < 1.29 is 17.9 Å². The summed E-state index contributed by atoms with van der Waals surface area (Å²) in [5, 5.41) is 3.12. The molecule has 86 valence electrons. The largest absolute Gasteiger partial charge is 0.466 e. The molecule has 0 unspecified atom stereocenters. The summed E-state index contributed by atoms with van der Waals surface area (Å²) in [7, 11) is 1.31. The molecule has 0 aliphatic rings. The monoisotopic (exact) mass is 251 g/mol. The normalized spacial score (nSPS) is 12.1. The van der Waals surface area contributed by atoms with E-state index in [2.05, 4.69) is 10.1 Å². The third-order valence-corrected chi connectivity index (χ3v) is 2.27. The zero-order chi connectivity index (χ0) is 11.9. The van der Waals surface area contributed by atoms with Crippen LogP contribution in [0.15, 0.2) is 12.1 Å².